The van der Waals surface area contributed by atoms with E-state index in [-0.39, 0.29) is 18.4 Å². The summed E-state index contributed by atoms with van der Waals surface area (Å²) in [6.07, 6.45) is 2.01. The fourth-order valence-electron chi connectivity index (χ4n) is 3.17. The molecule has 0 aliphatic carbocycles. The van der Waals surface area contributed by atoms with Crippen LogP contribution in [0.25, 0.3) is 0 Å². The monoisotopic (exact) mass is 316 g/mol. The molecule has 0 spiro atoms. The van der Waals surface area contributed by atoms with Gasteiger partial charge < -0.3 is 11.1 Å². The van der Waals surface area contributed by atoms with E-state index < -0.39 is 0 Å². The van der Waals surface area contributed by atoms with Crippen LogP contribution in [-0.2, 0) is 12.8 Å². The van der Waals surface area contributed by atoms with Crippen LogP contribution in [0.1, 0.15) is 41.1 Å². The lowest BCUT2D eigenvalue weighted by Gasteiger charge is -2.18. The number of halogens is 1. The van der Waals surface area contributed by atoms with Crippen molar-refractivity contribution in [3.05, 3.63) is 70.8 Å². The number of rotatable bonds is 3. The maximum absolute atomic E-state index is 6.43. The van der Waals surface area contributed by atoms with Gasteiger partial charge in [-0.2, -0.15) is 0 Å². The van der Waals surface area contributed by atoms with Crippen LogP contribution in [0.4, 0.5) is 0 Å². The molecule has 0 aromatic heterocycles. The summed E-state index contributed by atoms with van der Waals surface area (Å²) in [6, 6.07) is 17.4. The van der Waals surface area contributed by atoms with Crippen molar-refractivity contribution in [1.29, 1.82) is 0 Å². The summed E-state index contributed by atoms with van der Waals surface area (Å²) in [5.74, 6) is 0.561. The van der Waals surface area contributed by atoms with Gasteiger partial charge in [0, 0.05) is 12.6 Å². The molecular weight excluding hydrogens is 292 g/mol. The SMILES string of the molecule is CC1CNCCc2ccc([C@@H](N)Cc3ccccc3)cc21.Cl. The van der Waals surface area contributed by atoms with Gasteiger partial charge in [0.25, 0.3) is 0 Å². The van der Waals surface area contributed by atoms with E-state index in [4.69, 9.17) is 5.73 Å². The largest absolute Gasteiger partial charge is 0.324 e. The van der Waals surface area contributed by atoms with Crippen molar-refractivity contribution in [1.82, 2.24) is 5.32 Å². The van der Waals surface area contributed by atoms with Gasteiger partial charge in [0.2, 0.25) is 0 Å². The first-order valence-electron chi connectivity index (χ1n) is 7.87. The number of hydrogen-bond donors (Lipinski definition) is 2. The topological polar surface area (TPSA) is 38.0 Å². The second-order valence-corrected chi connectivity index (χ2v) is 6.11. The molecule has 118 valence electrons. The lowest BCUT2D eigenvalue weighted by Crippen LogP contribution is -2.18. The summed E-state index contributed by atoms with van der Waals surface area (Å²) in [6.45, 7) is 4.43. The molecule has 0 amide bonds. The van der Waals surface area contributed by atoms with Crippen molar-refractivity contribution in [2.45, 2.75) is 31.7 Å². The second kappa shape index (κ2) is 7.77. The van der Waals surface area contributed by atoms with Gasteiger partial charge in [0.15, 0.2) is 0 Å². The third-order valence-corrected chi connectivity index (χ3v) is 4.45. The van der Waals surface area contributed by atoms with Crippen LogP contribution in [0.2, 0.25) is 0 Å². The van der Waals surface area contributed by atoms with Crippen LogP contribution in [0.3, 0.4) is 0 Å². The molecule has 1 unspecified atom stereocenters. The Hall–Kier alpha value is -1.35. The molecule has 1 aliphatic rings. The first kappa shape index (κ1) is 17.0. The van der Waals surface area contributed by atoms with E-state index >= 15 is 0 Å². The predicted octanol–water partition coefficient (Wildman–Crippen LogP) is 3.60. The van der Waals surface area contributed by atoms with Gasteiger partial charge in [-0.15, -0.1) is 12.4 Å². The Morgan fingerprint density at radius 2 is 1.95 bits per heavy atom. The van der Waals surface area contributed by atoms with Gasteiger partial charge in [-0.1, -0.05) is 55.5 Å². The van der Waals surface area contributed by atoms with Crippen molar-refractivity contribution in [3.63, 3.8) is 0 Å². The number of fused-ring (bicyclic) bond motifs is 1. The minimum atomic E-state index is 0. The fraction of sp³-hybridized carbons (Fsp3) is 0.368. The Bertz CT molecular complexity index is 598. The Labute approximate surface area is 139 Å². The highest BCUT2D eigenvalue weighted by Gasteiger charge is 2.16. The molecule has 3 N–H and O–H groups in total. The molecule has 22 heavy (non-hydrogen) atoms. The minimum Gasteiger partial charge on any atom is -0.324 e. The smallest absolute Gasteiger partial charge is 0.0335 e. The zero-order valence-corrected chi connectivity index (χ0v) is 13.9. The van der Waals surface area contributed by atoms with E-state index in [1.54, 1.807) is 0 Å². The molecule has 2 atom stereocenters. The second-order valence-electron chi connectivity index (χ2n) is 6.11. The van der Waals surface area contributed by atoms with E-state index in [0.717, 1.165) is 25.9 Å². The minimum absolute atomic E-state index is 0. The summed E-state index contributed by atoms with van der Waals surface area (Å²) in [5.41, 5.74) is 11.9. The average Bonchev–Trinajstić information content (AvgIpc) is 2.70. The van der Waals surface area contributed by atoms with Crippen LogP contribution < -0.4 is 11.1 Å². The highest BCUT2D eigenvalue weighted by Crippen LogP contribution is 2.26. The van der Waals surface area contributed by atoms with Crippen molar-refractivity contribution >= 4 is 12.4 Å². The Morgan fingerprint density at radius 1 is 1.18 bits per heavy atom. The van der Waals surface area contributed by atoms with E-state index in [1.807, 2.05) is 6.07 Å². The molecule has 2 aromatic rings. The van der Waals surface area contributed by atoms with Crippen LogP contribution in [-0.4, -0.2) is 13.1 Å². The summed E-state index contributed by atoms with van der Waals surface area (Å²) < 4.78 is 0. The van der Waals surface area contributed by atoms with E-state index in [1.165, 1.54) is 22.3 Å². The summed E-state index contributed by atoms with van der Waals surface area (Å²) >= 11 is 0. The van der Waals surface area contributed by atoms with Crippen molar-refractivity contribution in [3.8, 4) is 0 Å². The van der Waals surface area contributed by atoms with Crippen molar-refractivity contribution in [2.24, 2.45) is 5.73 Å². The van der Waals surface area contributed by atoms with Crippen molar-refractivity contribution < 1.29 is 0 Å². The van der Waals surface area contributed by atoms with Crippen LogP contribution in [0.5, 0.6) is 0 Å². The fourth-order valence-corrected chi connectivity index (χ4v) is 3.17. The highest BCUT2D eigenvalue weighted by molar-refractivity contribution is 5.85. The predicted molar refractivity (Wildman–Crippen MR) is 95.8 cm³/mol. The molecule has 0 saturated carbocycles. The third kappa shape index (κ3) is 3.89. The summed E-state index contributed by atoms with van der Waals surface area (Å²) in [4.78, 5) is 0. The normalized spacial score (nSPS) is 18.7. The third-order valence-electron chi connectivity index (χ3n) is 4.45. The van der Waals surface area contributed by atoms with Crippen LogP contribution in [0, 0.1) is 0 Å². The number of nitrogens with two attached hydrogens (primary N) is 1. The van der Waals surface area contributed by atoms with E-state index in [0.29, 0.717) is 5.92 Å². The molecule has 0 saturated heterocycles. The molecule has 2 nitrogen and oxygen atoms in total. The maximum Gasteiger partial charge on any atom is 0.0335 e. The lowest BCUT2D eigenvalue weighted by molar-refractivity contribution is 0.643. The van der Waals surface area contributed by atoms with Crippen LogP contribution >= 0.6 is 12.4 Å². The average molecular weight is 317 g/mol. The molecule has 1 aliphatic heterocycles. The number of benzene rings is 2. The Kier molecular flexibility index (Phi) is 6.01. The van der Waals surface area contributed by atoms with Gasteiger partial charge in [-0.3, -0.25) is 0 Å². The standard InChI is InChI=1S/C19H24N2.ClH/c1-14-13-21-10-9-16-7-8-17(12-18(14)16)19(20)11-15-5-3-2-4-6-15;/h2-8,12,14,19,21H,9-11,13,20H2,1H3;1H/t14?,19-;/m0./s1. The molecule has 3 heteroatoms. The quantitative estimate of drug-likeness (QED) is 0.908. The first-order valence-corrected chi connectivity index (χ1v) is 7.87. The zero-order valence-electron chi connectivity index (χ0n) is 13.1. The van der Waals surface area contributed by atoms with Crippen LogP contribution in [0.15, 0.2) is 48.5 Å². The van der Waals surface area contributed by atoms with E-state index in [2.05, 4.69) is 54.7 Å². The lowest BCUT2D eigenvalue weighted by atomic mass is 9.90. The van der Waals surface area contributed by atoms with Gasteiger partial charge in [0.05, 0.1) is 0 Å². The number of hydrogen-bond acceptors (Lipinski definition) is 2. The molecular formula is C19H25ClN2. The zero-order chi connectivity index (χ0) is 14.7. The number of nitrogens with one attached hydrogen (secondary N) is 1. The molecule has 0 bridgehead atoms. The van der Waals surface area contributed by atoms with Crippen molar-refractivity contribution in [2.75, 3.05) is 13.1 Å². The van der Waals surface area contributed by atoms with Gasteiger partial charge >= 0.3 is 0 Å². The van der Waals surface area contributed by atoms with Gasteiger partial charge in [-0.05, 0) is 47.6 Å². The molecule has 1 heterocycles. The first-order chi connectivity index (χ1) is 10.2. The summed E-state index contributed by atoms with van der Waals surface area (Å²) in [7, 11) is 0. The maximum atomic E-state index is 6.43. The molecule has 3 rings (SSSR count). The Morgan fingerprint density at radius 3 is 2.73 bits per heavy atom. The van der Waals surface area contributed by atoms with E-state index in [9.17, 15) is 0 Å². The van der Waals surface area contributed by atoms with Gasteiger partial charge in [0.1, 0.15) is 0 Å². The van der Waals surface area contributed by atoms with Gasteiger partial charge in [-0.25, -0.2) is 0 Å². The summed E-state index contributed by atoms with van der Waals surface area (Å²) in [5, 5.41) is 3.50. The highest BCUT2D eigenvalue weighted by atomic mass is 35.5. The Balaban J connectivity index is 0.00000176. The molecule has 0 fully saturated rings. The molecule has 0 radical (unpaired) electrons. The molecule has 2 aromatic carbocycles.